The SMILES string of the molecule is O=C(OC1[C@H]2CC3C[C@H]1CN(C3)C2)c1csc(Br)n1. The summed E-state index contributed by atoms with van der Waals surface area (Å²) in [6.07, 6.45) is 2.57. The molecule has 1 saturated carbocycles. The summed E-state index contributed by atoms with van der Waals surface area (Å²) < 4.78 is 6.52. The van der Waals surface area contributed by atoms with Crippen LogP contribution in [0.5, 0.6) is 0 Å². The molecule has 0 unspecified atom stereocenters. The summed E-state index contributed by atoms with van der Waals surface area (Å²) in [7, 11) is 0. The number of esters is 1. The minimum Gasteiger partial charge on any atom is -0.457 e. The fraction of sp³-hybridized carbons (Fsp3) is 0.692. The first kappa shape index (κ1) is 12.3. The molecular formula is C13H15BrN2O2S. The van der Waals surface area contributed by atoms with Gasteiger partial charge in [0.2, 0.25) is 0 Å². The van der Waals surface area contributed by atoms with Crippen molar-refractivity contribution in [2.24, 2.45) is 17.8 Å². The van der Waals surface area contributed by atoms with Crippen LogP contribution in [0, 0.1) is 17.8 Å². The highest BCUT2D eigenvalue weighted by Crippen LogP contribution is 2.44. The Labute approximate surface area is 124 Å². The average Bonchev–Trinajstić information content (AvgIpc) is 2.79. The van der Waals surface area contributed by atoms with E-state index in [1.54, 1.807) is 5.38 Å². The zero-order valence-corrected chi connectivity index (χ0v) is 12.8. The van der Waals surface area contributed by atoms with Crippen LogP contribution < -0.4 is 0 Å². The van der Waals surface area contributed by atoms with Gasteiger partial charge in [-0.1, -0.05) is 0 Å². The molecule has 19 heavy (non-hydrogen) atoms. The maximum Gasteiger partial charge on any atom is 0.358 e. The number of aromatic nitrogens is 1. The van der Waals surface area contributed by atoms with Crippen molar-refractivity contribution in [3.05, 3.63) is 15.0 Å². The van der Waals surface area contributed by atoms with E-state index >= 15 is 0 Å². The van der Waals surface area contributed by atoms with Gasteiger partial charge in [0.1, 0.15) is 6.10 Å². The van der Waals surface area contributed by atoms with Crippen LogP contribution in [0.4, 0.5) is 0 Å². The van der Waals surface area contributed by atoms with E-state index in [2.05, 4.69) is 25.8 Å². The summed E-state index contributed by atoms with van der Waals surface area (Å²) >= 11 is 4.70. The maximum absolute atomic E-state index is 12.1. The number of piperidine rings is 3. The Morgan fingerprint density at radius 3 is 2.68 bits per heavy atom. The van der Waals surface area contributed by atoms with E-state index in [1.165, 1.54) is 30.7 Å². The summed E-state index contributed by atoms with van der Waals surface area (Å²) in [5, 5.41) is 1.76. The molecule has 2 atom stereocenters. The van der Waals surface area contributed by atoms with Crippen LogP contribution in [0.1, 0.15) is 23.3 Å². The summed E-state index contributed by atoms with van der Waals surface area (Å²) in [5.74, 6) is 1.66. The predicted octanol–water partition coefficient (Wildman–Crippen LogP) is 2.40. The fourth-order valence-corrected chi connectivity index (χ4v) is 5.07. The number of carbonyl (C=O) groups excluding carboxylic acids is 1. The lowest BCUT2D eigenvalue weighted by molar-refractivity contribution is -0.116. The Morgan fingerprint density at radius 1 is 1.37 bits per heavy atom. The van der Waals surface area contributed by atoms with Crippen LogP contribution in [0.2, 0.25) is 0 Å². The Hall–Kier alpha value is -0.460. The second kappa shape index (κ2) is 4.53. The minimum atomic E-state index is -0.255. The van der Waals surface area contributed by atoms with Crippen LogP contribution in [-0.2, 0) is 4.74 Å². The Bertz CT molecular complexity index is 490. The van der Waals surface area contributed by atoms with Gasteiger partial charge in [0.15, 0.2) is 9.61 Å². The van der Waals surface area contributed by atoms with E-state index in [0.29, 0.717) is 17.5 Å². The van der Waals surface area contributed by atoms with Crippen LogP contribution in [-0.4, -0.2) is 41.6 Å². The highest BCUT2D eigenvalue weighted by atomic mass is 79.9. The third kappa shape index (κ3) is 2.14. The largest absolute Gasteiger partial charge is 0.457 e. The van der Waals surface area contributed by atoms with Gasteiger partial charge in [-0.3, -0.25) is 0 Å². The van der Waals surface area contributed by atoms with Crippen molar-refractivity contribution in [3.8, 4) is 0 Å². The molecule has 4 bridgehead atoms. The van der Waals surface area contributed by atoms with E-state index in [-0.39, 0.29) is 12.1 Å². The smallest absolute Gasteiger partial charge is 0.358 e. The van der Waals surface area contributed by atoms with Gasteiger partial charge in [0, 0.05) is 36.9 Å². The predicted molar refractivity (Wildman–Crippen MR) is 75.2 cm³/mol. The number of nitrogens with zero attached hydrogens (tertiary/aromatic N) is 2. The second-order valence-electron chi connectivity index (χ2n) is 5.93. The highest BCUT2D eigenvalue weighted by Gasteiger charge is 2.49. The van der Waals surface area contributed by atoms with Gasteiger partial charge in [0.05, 0.1) is 0 Å². The molecule has 5 rings (SSSR count). The quantitative estimate of drug-likeness (QED) is 0.774. The van der Waals surface area contributed by atoms with E-state index in [0.717, 1.165) is 22.9 Å². The van der Waals surface area contributed by atoms with Gasteiger partial charge in [-0.15, -0.1) is 11.3 Å². The molecule has 4 nitrogen and oxygen atoms in total. The summed E-state index contributed by atoms with van der Waals surface area (Å²) in [5.41, 5.74) is 0.436. The number of carbonyl (C=O) groups is 1. The summed E-state index contributed by atoms with van der Waals surface area (Å²) in [6.45, 7) is 3.46. The lowest BCUT2D eigenvalue weighted by atomic mass is 9.66. The van der Waals surface area contributed by atoms with Crippen molar-refractivity contribution in [2.45, 2.75) is 18.9 Å². The lowest BCUT2D eigenvalue weighted by Crippen LogP contribution is -2.60. The number of hydrogen-bond acceptors (Lipinski definition) is 5. The molecule has 1 aromatic rings. The zero-order valence-electron chi connectivity index (χ0n) is 10.4. The van der Waals surface area contributed by atoms with E-state index in [9.17, 15) is 4.79 Å². The normalized spacial score (nSPS) is 39.5. The molecule has 1 aliphatic carbocycles. The second-order valence-corrected chi connectivity index (χ2v) is 8.07. The number of hydrogen-bond donors (Lipinski definition) is 0. The number of rotatable bonds is 2. The van der Waals surface area contributed by atoms with Crippen molar-refractivity contribution < 1.29 is 9.53 Å². The van der Waals surface area contributed by atoms with Gasteiger partial charge in [0.25, 0.3) is 0 Å². The van der Waals surface area contributed by atoms with Crippen molar-refractivity contribution >= 4 is 33.2 Å². The molecule has 0 radical (unpaired) electrons. The minimum absolute atomic E-state index is 0.112. The van der Waals surface area contributed by atoms with Gasteiger partial charge >= 0.3 is 5.97 Å². The molecule has 3 aliphatic heterocycles. The molecule has 0 spiro atoms. The third-order valence-corrected chi connectivity index (χ3v) is 6.00. The number of ether oxygens (including phenoxy) is 1. The summed E-state index contributed by atoms with van der Waals surface area (Å²) in [4.78, 5) is 18.8. The molecule has 102 valence electrons. The standard InChI is InChI=1S/C13H15BrN2O2S/c14-13-15-10(6-19-13)12(17)18-11-8-1-7-2-9(11)5-16(3-7)4-8/h6-9,11H,1-5H2/t7?,8-,9-,11?/m0/s1. The van der Waals surface area contributed by atoms with Crippen molar-refractivity contribution in [3.63, 3.8) is 0 Å². The fourth-order valence-electron chi connectivity index (χ4n) is 4.09. The molecule has 1 aromatic heterocycles. The first-order valence-corrected chi connectivity index (χ1v) is 8.40. The molecule has 0 N–H and O–H groups in total. The Morgan fingerprint density at radius 2 is 2.11 bits per heavy atom. The van der Waals surface area contributed by atoms with Crippen molar-refractivity contribution in [2.75, 3.05) is 19.6 Å². The van der Waals surface area contributed by atoms with Gasteiger partial charge < -0.3 is 9.64 Å². The molecular weight excluding hydrogens is 328 g/mol. The van der Waals surface area contributed by atoms with Gasteiger partial charge in [-0.2, -0.15) is 0 Å². The molecule has 0 aromatic carbocycles. The number of halogens is 1. The first-order chi connectivity index (χ1) is 9.19. The molecule has 3 saturated heterocycles. The Kier molecular flexibility index (Phi) is 2.93. The lowest BCUT2D eigenvalue weighted by Gasteiger charge is -2.54. The van der Waals surface area contributed by atoms with E-state index in [1.807, 2.05) is 0 Å². The Balaban J connectivity index is 1.49. The average molecular weight is 343 g/mol. The van der Waals surface area contributed by atoms with Crippen LogP contribution >= 0.6 is 27.3 Å². The topological polar surface area (TPSA) is 42.4 Å². The van der Waals surface area contributed by atoms with Crippen LogP contribution in [0.3, 0.4) is 0 Å². The maximum atomic E-state index is 12.1. The van der Waals surface area contributed by atoms with Gasteiger partial charge in [-0.05, 0) is 34.7 Å². The van der Waals surface area contributed by atoms with E-state index in [4.69, 9.17) is 4.74 Å². The molecule has 4 fully saturated rings. The molecule has 0 amide bonds. The number of thiazole rings is 1. The molecule has 4 aliphatic rings. The van der Waals surface area contributed by atoms with E-state index < -0.39 is 0 Å². The van der Waals surface area contributed by atoms with Crippen LogP contribution in [0.25, 0.3) is 0 Å². The van der Waals surface area contributed by atoms with Crippen molar-refractivity contribution in [1.82, 2.24) is 9.88 Å². The first-order valence-electron chi connectivity index (χ1n) is 6.73. The summed E-state index contributed by atoms with van der Waals surface area (Å²) in [6, 6.07) is 0. The van der Waals surface area contributed by atoms with Gasteiger partial charge in [-0.25, -0.2) is 9.78 Å². The zero-order chi connectivity index (χ0) is 13.0. The molecule has 4 heterocycles. The third-order valence-electron chi connectivity index (χ3n) is 4.63. The molecule has 6 heteroatoms. The van der Waals surface area contributed by atoms with Crippen molar-refractivity contribution in [1.29, 1.82) is 0 Å². The monoisotopic (exact) mass is 342 g/mol. The van der Waals surface area contributed by atoms with Crippen LogP contribution in [0.15, 0.2) is 9.30 Å². The highest BCUT2D eigenvalue weighted by molar-refractivity contribution is 9.11.